The minimum Gasteiger partial charge on any atom is -0.338 e. The fourth-order valence-corrected chi connectivity index (χ4v) is 6.52. The largest absolute Gasteiger partial charge is 0.338 e. The van der Waals surface area contributed by atoms with Crippen molar-refractivity contribution in [1.29, 1.82) is 0 Å². The van der Waals surface area contributed by atoms with Crippen LogP contribution >= 0.6 is 0 Å². The van der Waals surface area contributed by atoms with Gasteiger partial charge in [-0.15, -0.1) is 0 Å². The number of rotatable bonds is 6. The van der Waals surface area contributed by atoms with Gasteiger partial charge in [0.2, 0.25) is 11.8 Å². The zero-order valence-corrected chi connectivity index (χ0v) is 20.6. The number of nitrogens with one attached hydrogen (secondary N) is 3. The van der Waals surface area contributed by atoms with E-state index in [1.54, 1.807) is 0 Å². The Bertz CT molecular complexity index is 1480. The normalized spacial score (nSPS) is 25.8. The molecule has 2 bridgehead atoms. The van der Waals surface area contributed by atoms with Crippen LogP contribution in [0.15, 0.2) is 72.8 Å². The predicted octanol–water partition coefficient (Wildman–Crippen LogP) is 6.35. The van der Waals surface area contributed by atoms with Crippen LogP contribution in [-0.4, -0.2) is 21.8 Å². The highest BCUT2D eigenvalue weighted by Gasteiger charge is 2.44. The number of fused-ring (bicyclic) bond motifs is 3. The third-order valence-electron chi connectivity index (χ3n) is 8.61. The lowest BCUT2D eigenvalue weighted by molar-refractivity contribution is -0.121. The lowest BCUT2D eigenvalue weighted by Crippen LogP contribution is -2.27. The van der Waals surface area contributed by atoms with Gasteiger partial charge in [-0.25, -0.2) is 4.98 Å². The Morgan fingerprint density at radius 3 is 2.30 bits per heavy atom. The number of amides is 2. The summed E-state index contributed by atoms with van der Waals surface area (Å²) in [6.07, 6.45) is 5.65. The van der Waals surface area contributed by atoms with Gasteiger partial charge < -0.3 is 15.6 Å². The molecule has 5 unspecified atom stereocenters. The molecule has 4 aromatic rings. The first kappa shape index (κ1) is 22.3. The van der Waals surface area contributed by atoms with Gasteiger partial charge in [-0.3, -0.25) is 9.59 Å². The van der Waals surface area contributed by atoms with E-state index in [1.165, 1.54) is 24.8 Å². The molecule has 6 nitrogen and oxygen atoms in total. The Morgan fingerprint density at radius 1 is 0.784 bits per heavy atom. The van der Waals surface area contributed by atoms with Crippen LogP contribution in [0.3, 0.4) is 0 Å². The van der Waals surface area contributed by atoms with Gasteiger partial charge in [0, 0.05) is 28.8 Å². The van der Waals surface area contributed by atoms with Gasteiger partial charge in [-0.1, -0.05) is 36.8 Å². The van der Waals surface area contributed by atoms with E-state index in [1.807, 2.05) is 60.7 Å². The van der Waals surface area contributed by atoms with Crippen molar-refractivity contribution >= 4 is 34.2 Å². The molecule has 37 heavy (non-hydrogen) atoms. The molecule has 3 aliphatic carbocycles. The van der Waals surface area contributed by atoms with E-state index < -0.39 is 0 Å². The number of imidazole rings is 1. The molecule has 3 fully saturated rings. The van der Waals surface area contributed by atoms with Crippen LogP contribution in [0.25, 0.3) is 22.4 Å². The number of H-pyrrole nitrogens is 1. The Hall–Kier alpha value is -3.93. The second kappa shape index (κ2) is 8.87. The minimum absolute atomic E-state index is 0.0379. The molecule has 6 heteroatoms. The molecule has 0 saturated heterocycles. The van der Waals surface area contributed by atoms with Crippen molar-refractivity contribution in [3.63, 3.8) is 0 Å². The molecule has 0 spiro atoms. The van der Waals surface area contributed by atoms with Crippen LogP contribution in [0.2, 0.25) is 0 Å². The summed E-state index contributed by atoms with van der Waals surface area (Å²) >= 11 is 0. The maximum absolute atomic E-state index is 12.8. The second-order valence-corrected chi connectivity index (χ2v) is 11.0. The first-order valence-corrected chi connectivity index (χ1v) is 13.4. The van der Waals surface area contributed by atoms with Crippen molar-refractivity contribution in [1.82, 2.24) is 9.97 Å². The molecule has 1 aromatic heterocycles. The van der Waals surface area contributed by atoms with Crippen LogP contribution in [0.1, 0.15) is 43.6 Å². The third-order valence-corrected chi connectivity index (χ3v) is 8.61. The highest BCUT2D eigenvalue weighted by Crippen LogP contribution is 2.49. The summed E-state index contributed by atoms with van der Waals surface area (Å²) in [5.74, 6) is 2.82. The zero-order chi connectivity index (χ0) is 24.9. The molecule has 0 radical (unpaired) electrons. The maximum Gasteiger partial charge on any atom is 0.228 e. The molecule has 3 N–H and O–H groups in total. The van der Waals surface area contributed by atoms with Gasteiger partial charge in [0.25, 0.3) is 0 Å². The lowest BCUT2D eigenvalue weighted by atomic mass is 9.88. The Balaban J connectivity index is 1.00. The highest BCUT2D eigenvalue weighted by molar-refractivity contribution is 5.96. The average molecular weight is 491 g/mol. The zero-order valence-electron chi connectivity index (χ0n) is 20.6. The number of carbonyl (C=O) groups is 2. The number of benzene rings is 3. The third kappa shape index (κ3) is 4.31. The van der Waals surface area contributed by atoms with Crippen molar-refractivity contribution in [2.24, 2.45) is 23.7 Å². The summed E-state index contributed by atoms with van der Waals surface area (Å²) in [7, 11) is 0. The number of hydrogen-bond donors (Lipinski definition) is 3. The van der Waals surface area contributed by atoms with E-state index in [0.29, 0.717) is 11.8 Å². The summed E-state index contributed by atoms with van der Waals surface area (Å²) < 4.78 is 0. The van der Waals surface area contributed by atoms with E-state index in [2.05, 4.69) is 27.8 Å². The van der Waals surface area contributed by atoms with Crippen LogP contribution in [-0.2, 0) is 9.59 Å². The van der Waals surface area contributed by atoms with Crippen molar-refractivity contribution in [2.45, 2.75) is 38.0 Å². The first-order valence-electron chi connectivity index (χ1n) is 13.4. The van der Waals surface area contributed by atoms with Gasteiger partial charge in [0.15, 0.2) is 0 Å². The molecule has 186 valence electrons. The summed E-state index contributed by atoms with van der Waals surface area (Å²) in [5.41, 5.74) is 5.51. The highest BCUT2D eigenvalue weighted by atomic mass is 16.2. The molecular weight excluding hydrogens is 460 g/mol. The maximum atomic E-state index is 12.8. The smallest absolute Gasteiger partial charge is 0.228 e. The van der Waals surface area contributed by atoms with Crippen LogP contribution < -0.4 is 10.6 Å². The van der Waals surface area contributed by atoms with Crippen molar-refractivity contribution in [3.8, 4) is 11.4 Å². The monoisotopic (exact) mass is 490 g/mol. The Labute approximate surface area is 215 Å². The van der Waals surface area contributed by atoms with Crippen molar-refractivity contribution in [3.05, 3.63) is 78.4 Å². The van der Waals surface area contributed by atoms with Crippen molar-refractivity contribution < 1.29 is 9.59 Å². The number of aromatic nitrogens is 2. The predicted molar refractivity (Wildman–Crippen MR) is 145 cm³/mol. The second-order valence-electron chi connectivity index (χ2n) is 11.0. The first-order chi connectivity index (χ1) is 18.1. The molecule has 1 heterocycles. The summed E-state index contributed by atoms with van der Waals surface area (Å²) in [5, 5.41) is 6.19. The van der Waals surface area contributed by atoms with E-state index in [4.69, 9.17) is 4.98 Å². The van der Waals surface area contributed by atoms with Gasteiger partial charge in [0.05, 0.1) is 11.0 Å². The molecule has 3 saturated carbocycles. The van der Waals surface area contributed by atoms with Crippen LogP contribution in [0, 0.1) is 23.7 Å². The SMILES string of the molecule is O=C(Nc1ccc2nc(-c3ccc(NC(=O)C4CC4c4ccccc4)cc3)[nH]c2c1)C1CC2CCC1C2. The Morgan fingerprint density at radius 2 is 1.54 bits per heavy atom. The number of aromatic amines is 1. The molecule has 3 aromatic carbocycles. The van der Waals surface area contributed by atoms with Gasteiger partial charge in [0.1, 0.15) is 5.82 Å². The van der Waals surface area contributed by atoms with Gasteiger partial charge in [-0.2, -0.15) is 0 Å². The van der Waals surface area contributed by atoms with E-state index >= 15 is 0 Å². The average Bonchev–Trinajstić information content (AvgIpc) is 3.22. The Kier molecular flexibility index (Phi) is 5.34. The van der Waals surface area contributed by atoms with Gasteiger partial charge in [-0.05, 0) is 91.5 Å². The molecule has 0 aliphatic heterocycles. The molecular formula is C31H30N4O2. The van der Waals surface area contributed by atoms with E-state index in [-0.39, 0.29) is 23.7 Å². The fourth-order valence-electron chi connectivity index (χ4n) is 6.52. The molecule has 2 amide bonds. The summed E-state index contributed by atoms with van der Waals surface area (Å²) in [6, 6.07) is 23.8. The molecule has 5 atom stereocenters. The van der Waals surface area contributed by atoms with Crippen molar-refractivity contribution in [2.75, 3.05) is 10.6 Å². The lowest BCUT2D eigenvalue weighted by Gasteiger charge is -2.20. The van der Waals surface area contributed by atoms with Crippen LogP contribution in [0.5, 0.6) is 0 Å². The van der Waals surface area contributed by atoms with E-state index in [0.717, 1.165) is 52.6 Å². The molecule has 7 rings (SSSR count). The number of carbonyl (C=O) groups excluding carboxylic acids is 2. The number of anilines is 2. The standard InChI is InChI=1S/C31H30N4O2/c36-30(25-15-18-6-7-21(25)14-18)33-23-12-13-27-28(16-23)35-29(34-27)20-8-10-22(11-9-20)32-31(37)26-17-24(26)19-4-2-1-3-5-19/h1-5,8-13,16,18,21,24-26H,6-7,14-15,17H2,(H,32,37)(H,33,36)(H,34,35). The number of nitrogens with zero attached hydrogens (tertiary/aromatic N) is 1. The summed E-state index contributed by atoms with van der Waals surface area (Å²) in [6.45, 7) is 0. The molecule has 3 aliphatic rings. The fraction of sp³-hybridized carbons (Fsp3) is 0.323. The topological polar surface area (TPSA) is 86.9 Å². The van der Waals surface area contributed by atoms with E-state index in [9.17, 15) is 9.59 Å². The quantitative estimate of drug-likeness (QED) is 0.294. The van der Waals surface area contributed by atoms with Gasteiger partial charge >= 0.3 is 0 Å². The minimum atomic E-state index is 0.0379. The summed E-state index contributed by atoms with van der Waals surface area (Å²) in [4.78, 5) is 33.7. The van der Waals surface area contributed by atoms with Crippen LogP contribution in [0.4, 0.5) is 11.4 Å². The number of hydrogen-bond acceptors (Lipinski definition) is 3.